The molecule has 0 aromatic rings. The Kier molecular flexibility index (Phi) is 6.56. The molecule has 0 unspecified atom stereocenters. The smallest absolute Gasteiger partial charge is 0.333 e. The lowest BCUT2D eigenvalue weighted by molar-refractivity contribution is -0.136. The molecule has 1 fully saturated rings. The Labute approximate surface area is 152 Å². The number of carbonyl (C=O) groups excluding carboxylic acids is 1. The third kappa shape index (κ3) is 4.58. The lowest BCUT2D eigenvalue weighted by Gasteiger charge is -2.35. The van der Waals surface area contributed by atoms with Crippen molar-refractivity contribution in [2.75, 3.05) is 13.2 Å². The fourth-order valence-corrected chi connectivity index (χ4v) is 3.18. The summed E-state index contributed by atoms with van der Waals surface area (Å²) >= 11 is 5.83. The number of carboxylic acids is 1. The lowest BCUT2D eigenvalue weighted by Crippen LogP contribution is -2.42. The molecule has 1 saturated heterocycles. The molecule has 0 aliphatic carbocycles. The van der Waals surface area contributed by atoms with E-state index in [2.05, 4.69) is 11.6 Å². The molecular formula is C18H23ClN2O4. The van der Waals surface area contributed by atoms with E-state index in [0.29, 0.717) is 24.4 Å². The van der Waals surface area contributed by atoms with Crippen molar-refractivity contribution in [2.45, 2.75) is 39.2 Å². The van der Waals surface area contributed by atoms with Crippen molar-refractivity contribution in [1.82, 2.24) is 4.90 Å². The summed E-state index contributed by atoms with van der Waals surface area (Å²) in [4.78, 5) is 29.9. The molecule has 2 heterocycles. The zero-order valence-corrected chi connectivity index (χ0v) is 15.3. The topological polar surface area (TPSA) is 79.2 Å². The van der Waals surface area contributed by atoms with Gasteiger partial charge in [0, 0.05) is 30.9 Å². The number of aliphatic carboxylic acids is 1. The van der Waals surface area contributed by atoms with Crippen molar-refractivity contribution >= 4 is 29.7 Å². The van der Waals surface area contributed by atoms with Gasteiger partial charge < -0.3 is 14.7 Å². The second kappa shape index (κ2) is 8.45. The van der Waals surface area contributed by atoms with Crippen LogP contribution in [0.5, 0.6) is 0 Å². The van der Waals surface area contributed by atoms with Gasteiger partial charge in [0.1, 0.15) is 5.16 Å². The average molecular weight is 367 g/mol. The second-order valence-corrected chi connectivity index (χ2v) is 6.53. The molecule has 2 aliphatic heterocycles. The van der Waals surface area contributed by atoms with E-state index >= 15 is 0 Å². The maximum Gasteiger partial charge on any atom is 0.333 e. The number of hydrogen-bond acceptors (Lipinski definition) is 4. The molecule has 1 N–H and O–H groups in total. The Morgan fingerprint density at radius 2 is 2.28 bits per heavy atom. The predicted molar refractivity (Wildman–Crippen MR) is 96.4 cm³/mol. The lowest BCUT2D eigenvalue weighted by atomic mass is 9.84. The minimum atomic E-state index is -1.06. The van der Waals surface area contributed by atoms with Gasteiger partial charge in [-0.2, -0.15) is 0 Å². The van der Waals surface area contributed by atoms with Crippen molar-refractivity contribution in [3.8, 4) is 0 Å². The van der Waals surface area contributed by atoms with Gasteiger partial charge in [-0.15, -0.1) is 0 Å². The van der Waals surface area contributed by atoms with Crippen LogP contribution < -0.4 is 0 Å². The summed E-state index contributed by atoms with van der Waals surface area (Å²) in [7, 11) is 0. The number of aliphatic imine (C=N–C) groups is 1. The predicted octanol–water partition coefficient (Wildman–Crippen LogP) is 3.10. The Morgan fingerprint density at radius 1 is 1.56 bits per heavy atom. The molecule has 136 valence electrons. The number of amides is 1. The number of ether oxygens (including phenoxy) is 1. The summed E-state index contributed by atoms with van der Waals surface area (Å²) < 4.78 is 5.58. The zero-order valence-electron chi connectivity index (χ0n) is 14.5. The van der Waals surface area contributed by atoms with Gasteiger partial charge in [-0.3, -0.25) is 4.79 Å². The number of allylic oxidation sites excluding steroid dienone is 3. The first-order valence-corrected chi connectivity index (χ1v) is 8.63. The van der Waals surface area contributed by atoms with Gasteiger partial charge in [-0.05, 0) is 32.3 Å². The van der Waals surface area contributed by atoms with E-state index in [1.807, 2.05) is 0 Å². The molecule has 0 bridgehead atoms. The maximum atomic E-state index is 12.6. The van der Waals surface area contributed by atoms with Gasteiger partial charge in [0.25, 0.3) is 0 Å². The van der Waals surface area contributed by atoms with Crippen molar-refractivity contribution in [3.05, 3.63) is 34.7 Å². The van der Waals surface area contributed by atoms with Crippen LogP contribution in [0.4, 0.5) is 0 Å². The van der Waals surface area contributed by atoms with E-state index < -0.39 is 11.9 Å². The summed E-state index contributed by atoms with van der Waals surface area (Å²) in [6, 6.07) is 0. The molecule has 0 saturated carbocycles. The normalized spacial score (nSPS) is 25.2. The largest absolute Gasteiger partial charge is 0.478 e. The maximum absolute atomic E-state index is 12.6. The zero-order chi connectivity index (χ0) is 18.6. The molecule has 0 aromatic carbocycles. The molecule has 2 aliphatic rings. The minimum Gasteiger partial charge on any atom is -0.478 e. The third-order valence-electron chi connectivity index (χ3n) is 4.50. The van der Waals surface area contributed by atoms with Crippen LogP contribution in [-0.4, -0.2) is 47.4 Å². The first kappa shape index (κ1) is 19.4. The number of halogens is 1. The molecule has 7 heteroatoms. The minimum absolute atomic E-state index is 0.0382. The Morgan fingerprint density at radius 3 is 2.84 bits per heavy atom. The van der Waals surface area contributed by atoms with Crippen molar-refractivity contribution in [1.29, 1.82) is 0 Å². The number of nitrogens with zero attached hydrogens (tertiary/aromatic N) is 2. The van der Waals surface area contributed by atoms with Crippen molar-refractivity contribution in [2.24, 2.45) is 10.9 Å². The van der Waals surface area contributed by atoms with Crippen LogP contribution >= 0.6 is 11.6 Å². The van der Waals surface area contributed by atoms with Crippen LogP contribution in [0.25, 0.3) is 0 Å². The van der Waals surface area contributed by atoms with Crippen molar-refractivity contribution < 1.29 is 19.4 Å². The highest BCUT2D eigenvalue weighted by Crippen LogP contribution is 2.33. The van der Waals surface area contributed by atoms with Crippen LogP contribution in [0.3, 0.4) is 0 Å². The van der Waals surface area contributed by atoms with Gasteiger partial charge in [0.15, 0.2) is 0 Å². The molecule has 0 aromatic heterocycles. The van der Waals surface area contributed by atoms with E-state index in [-0.39, 0.29) is 29.2 Å². The van der Waals surface area contributed by atoms with E-state index in [1.165, 1.54) is 11.1 Å². The molecule has 0 spiro atoms. The van der Waals surface area contributed by atoms with Crippen LogP contribution in [0, 0.1) is 5.92 Å². The fourth-order valence-electron chi connectivity index (χ4n) is 3.13. The van der Waals surface area contributed by atoms with E-state index in [4.69, 9.17) is 16.3 Å². The SMILES string of the molecule is C=C(C=N/C(Cl)=C\C)[C@@H]1CC(=O)N(C[C@H]2CCCO2)C(C)=C1C(=O)O. The first-order chi connectivity index (χ1) is 11.8. The third-order valence-corrected chi connectivity index (χ3v) is 4.82. The van der Waals surface area contributed by atoms with Gasteiger partial charge in [0.2, 0.25) is 5.91 Å². The summed E-state index contributed by atoms with van der Waals surface area (Å²) in [5.74, 6) is -1.80. The Balaban J connectivity index is 2.28. The summed E-state index contributed by atoms with van der Waals surface area (Å²) in [5, 5.41) is 9.94. The van der Waals surface area contributed by atoms with Crippen LogP contribution in [0.2, 0.25) is 0 Å². The molecule has 0 radical (unpaired) electrons. The summed E-state index contributed by atoms with van der Waals surface area (Å²) in [5.41, 5.74) is 1.06. The fraction of sp³-hybridized carbons (Fsp3) is 0.500. The first-order valence-electron chi connectivity index (χ1n) is 8.25. The highest BCUT2D eigenvalue weighted by atomic mass is 35.5. The molecule has 25 heavy (non-hydrogen) atoms. The molecule has 6 nitrogen and oxygen atoms in total. The van der Waals surface area contributed by atoms with Gasteiger partial charge >= 0.3 is 5.97 Å². The van der Waals surface area contributed by atoms with Crippen LogP contribution in [-0.2, 0) is 14.3 Å². The van der Waals surface area contributed by atoms with E-state index in [1.54, 1.807) is 19.9 Å². The molecular weight excluding hydrogens is 344 g/mol. The molecule has 2 rings (SSSR count). The van der Waals surface area contributed by atoms with Crippen LogP contribution in [0.1, 0.15) is 33.1 Å². The number of carbonyl (C=O) groups is 2. The van der Waals surface area contributed by atoms with E-state index in [9.17, 15) is 14.7 Å². The molecule has 2 atom stereocenters. The van der Waals surface area contributed by atoms with E-state index in [0.717, 1.165) is 12.8 Å². The van der Waals surface area contributed by atoms with Crippen molar-refractivity contribution in [3.63, 3.8) is 0 Å². The van der Waals surface area contributed by atoms with Gasteiger partial charge in [-0.25, -0.2) is 9.79 Å². The highest BCUT2D eigenvalue weighted by molar-refractivity contribution is 6.29. The standard InChI is InChI=1S/C18H23ClN2O4/c1-4-15(19)20-9-11(2)14-8-16(22)21(10-13-6-5-7-25-13)12(3)17(14)18(23)24/h4,9,13-14H,2,5-8,10H2,1,3H3,(H,23,24)/b15-4-,20-9?/t13-,14+/m1/s1. The van der Waals surface area contributed by atoms with Gasteiger partial charge in [0.05, 0.1) is 18.2 Å². The molecule has 1 amide bonds. The quantitative estimate of drug-likeness (QED) is 0.578. The van der Waals surface area contributed by atoms with Crippen LogP contribution in [0.15, 0.2) is 39.6 Å². The number of rotatable bonds is 6. The Hall–Kier alpha value is -1.92. The monoisotopic (exact) mass is 366 g/mol. The number of hydrogen-bond donors (Lipinski definition) is 1. The Bertz CT molecular complexity index is 660. The number of carboxylic acid groups (broad SMARTS) is 1. The highest BCUT2D eigenvalue weighted by Gasteiger charge is 2.37. The average Bonchev–Trinajstić information content (AvgIpc) is 3.08. The van der Waals surface area contributed by atoms with Gasteiger partial charge in [-0.1, -0.05) is 24.3 Å². The summed E-state index contributed by atoms with van der Waals surface area (Å²) in [6.45, 7) is 8.35. The summed E-state index contributed by atoms with van der Waals surface area (Å²) in [6.07, 6.45) is 4.88. The second-order valence-electron chi connectivity index (χ2n) is 6.14.